The van der Waals surface area contributed by atoms with Crippen LogP contribution in [0.2, 0.25) is 0 Å². The Hall–Kier alpha value is -2.91. The summed E-state index contributed by atoms with van der Waals surface area (Å²) in [6, 6.07) is 15.1. The lowest BCUT2D eigenvalue weighted by atomic mass is 10.2. The number of esters is 1. The molecular weight excluding hydrogens is 298 g/mol. The van der Waals surface area contributed by atoms with Gasteiger partial charge >= 0.3 is 5.97 Å². The Morgan fingerprint density at radius 3 is 2.77 bits per heavy atom. The number of hydrogen-bond acceptors (Lipinski definition) is 5. The van der Waals surface area contributed by atoms with Gasteiger partial charge in [0.05, 0.1) is 10.6 Å². The highest BCUT2D eigenvalue weighted by atomic mass is 32.1. The van der Waals surface area contributed by atoms with Gasteiger partial charge in [-0.2, -0.15) is 10.4 Å². The molecular formula is C16H11N3O2S. The number of ether oxygens (including phenoxy) is 1. The van der Waals surface area contributed by atoms with Gasteiger partial charge in [-0.05, 0) is 23.6 Å². The molecule has 0 unspecified atom stereocenters. The second-order valence-electron chi connectivity index (χ2n) is 4.38. The standard InChI is InChI=1S/C16H11N3O2S/c17-8-9-21-16(20)13-11-19(12-5-2-1-3-6-12)18-15(13)14-7-4-10-22-14/h1-7,10-11H,9H2. The Labute approximate surface area is 131 Å². The molecule has 108 valence electrons. The smallest absolute Gasteiger partial charge is 0.343 e. The zero-order valence-electron chi connectivity index (χ0n) is 11.5. The van der Waals surface area contributed by atoms with Crippen molar-refractivity contribution in [2.45, 2.75) is 0 Å². The second-order valence-corrected chi connectivity index (χ2v) is 5.33. The molecule has 3 aromatic rings. The maximum atomic E-state index is 12.1. The fourth-order valence-corrected chi connectivity index (χ4v) is 2.73. The molecule has 0 amide bonds. The van der Waals surface area contributed by atoms with E-state index in [1.165, 1.54) is 11.3 Å². The molecule has 0 spiro atoms. The zero-order chi connectivity index (χ0) is 15.4. The van der Waals surface area contributed by atoms with Gasteiger partial charge in [-0.25, -0.2) is 9.48 Å². The number of aromatic nitrogens is 2. The van der Waals surface area contributed by atoms with Crippen molar-refractivity contribution in [3.05, 3.63) is 59.6 Å². The van der Waals surface area contributed by atoms with Crippen LogP contribution in [0.25, 0.3) is 16.3 Å². The summed E-state index contributed by atoms with van der Waals surface area (Å²) in [5, 5.41) is 15.0. The predicted molar refractivity (Wildman–Crippen MR) is 82.8 cm³/mol. The van der Waals surface area contributed by atoms with Crippen LogP contribution in [0, 0.1) is 11.3 Å². The number of nitriles is 1. The third kappa shape index (κ3) is 2.75. The summed E-state index contributed by atoms with van der Waals surface area (Å²) >= 11 is 1.49. The normalized spacial score (nSPS) is 10.1. The van der Waals surface area contributed by atoms with Gasteiger partial charge in [0.25, 0.3) is 0 Å². The van der Waals surface area contributed by atoms with Gasteiger partial charge in [-0.1, -0.05) is 24.3 Å². The number of rotatable bonds is 4. The number of hydrogen-bond donors (Lipinski definition) is 0. The van der Waals surface area contributed by atoms with Crippen LogP contribution < -0.4 is 0 Å². The minimum atomic E-state index is -0.549. The molecule has 6 heteroatoms. The monoisotopic (exact) mass is 309 g/mol. The van der Waals surface area contributed by atoms with E-state index >= 15 is 0 Å². The van der Waals surface area contributed by atoms with Crippen LogP contribution in [0.4, 0.5) is 0 Å². The van der Waals surface area contributed by atoms with Crippen LogP contribution in [0.1, 0.15) is 10.4 Å². The first-order valence-corrected chi connectivity index (χ1v) is 7.40. The molecule has 0 saturated carbocycles. The molecule has 0 N–H and O–H groups in total. The van der Waals surface area contributed by atoms with E-state index in [0.717, 1.165) is 10.6 Å². The second kappa shape index (κ2) is 6.24. The molecule has 5 nitrogen and oxygen atoms in total. The minimum absolute atomic E-state index is 0.279. The number of carbonyl (C=O) groups is 1. The lowest BCUT2D eigenvalue weighted by Gasteiger charge is -1.99. The SMILES string of the molecule is N#CCOC(=O)c1cn(-c2ccccc2)nc1-c1cccs1. The minimum Gasteiger partial charge on any atom is -0.447 e. The highest BCUT2D eigenvalue weighted by Gasteiger charge is 2.20. The molecule has 0 fully saturated rings. The van der Waals surface area contributed by atoms with Gasteiger partial charge in [-0.15, -0.1) is 11.3 Å². The summed E-state index contributed by atoms with van der Waals surface area (Å²) in [4.78, 5) is 13.0. The van der Waals surface area contributed by atoms with Gasteiger partial charge in [0.1, 0.15) is 17.3 Å². The summed E-state index contributed by atoms with van der Waals surface area (Å²) in [5.74, 6) is -0.549. The molecule has 0 aliphatic heterocycles. The molecule has 0 saturated heterocycles. The lowest BCUT2D eigenvalue weighted by Crippen LogP contribution is -2.05. The third-order valence-electron chi connectivity index (χ3n) is 2.98. The van der Waals surface area contributed by atoms with E-state index in [2.05, 4.69) is 5.10 Å². The fraction of sp³-hybridized carbons (Fsp3) is 0.0625. The molecule has 2 aromatic heterocycles. The van der Waals surface area contributed by atoms with Crippen LogP contribution in [0.15, 0.2) is 54.0 Å². The summed E-state index contributed by atoms with van der Waals surface area (Å²) in [7, 11) is 0. The van der Waals surface area contributed by atoms with E-state index in [4.69, 9.17) is 10.00 Å². The molecule has 3 rings (SSSR count). The highest BCUT2D eigenvalue weighted by molar-refractivity contribution is 7.13. The van der Waals surface area contributed by atoms with Crippen molar-refractivity contribution in [3.8, 4) is 22.3 Å². The first-order chi connectivity index (χ1) is 10.8. The van der Waals surface area contributed by atoms with E-state index in [1.54, 1.807) is 16.9 Å². The summed E-state index contributed by atoms with van der Waals surface area (Å²) < 4.78 is 6.55. The average molecular weight is 309 g/mol. The maximum absolute atomic E-state index is 12.1. The van der Waals surface area contributed by atoms with Crippen molar-refractivity contribution in [2.75, 3.05) is 6.61 Å². The number of nitrogens with zero attached hydrogens (tertiary/aromatic N) is 3. The molecule has 0 bridgehead atoms. The van der Waals surface area contributed by atoms with E-state index in [0.29, 0.717) is 11.3 Å². The van der Waals surface area contributed by atoms with E-state index in [-0.39, 0.29) is 6.61 Å². The Morgan fingerprint density at radius 1 is 1.27 bits per heavy atom. The van der Waals surface area contributed by atoms with Crippen molar-refractivity contribution in [1.82, 2.24) is 9.78 Å². The first-order valence-electron chi connectivity index (χ1n) is 6.52. The van der Waals surface area contributed by atoms with E-state index in [1.807, 2.05) is 47.8 Å². The molecule has 0 aliphatic carbocycles. The first kappa shape index (κ1) is 14.0. The van der Waals surface area contributed by atoms with Crippen LogP contribution in [0.5, 0.6) is 0 Å². The quantitative estimate of drug-likeness (QED) is 0.694. The zero-order valence-corrected chi connectivity index (χ0v) is 12.3. The van der Waals surface area contributed by atoms with Gasteiger partial charge in [0.15, 0.2) is 6.61 Å². The van der Waals surface area contributed by atoms with Crippen LogP contribution in [-0.4, -0.2) is 22.4 Å². The predicted octanol–water partition coefficient (Wildman–Crippen LogP) is 3.28. The Balaban J connectivity index is 2.05. The number of thiophene rings is 1. The summed E-state index contributed by atoms with van der Waals surface area (Å²) in [6.07, 6.45) is 1.63. The molecule has 0 radical (unpaired) electrons. The Morgan fingerprint density at radius 2 is 2.09 bits per heavy atom. The molecule has 1 aromatic carbocycles. The number of benzene rings is 1. The van der Waals surface area contributed by atoms with Gasteiger partial charge in [0.2, 0.25) is 0 Å². The van der Waals surface area contributed by atoms with E-state index in [9.17, 15) is 4.79 Å². The molecule has 2 heterocycles. The Kier molecular flexibility index (Phi) is 3.99. The molecule has 22 heavy (non-hydrogen) atoms. The fourth-order valence-electron chi connectivity index (χ4n) is 2.01. The van der Waals surface area contributed by atoms with Crippen LogP contribution in [0.3, 0.4) is 0 Å². The Bertz CT molecular complexity index is 817. The third-order valence-corrected chi connectivity index (χ3v) is 3.85. The lowest BCUT2D eigenvalue weighted by molar-refractivity contribution is 0.0556. The number of carbonyl (C=O) groups excluding carboxylic acids is 1. The maximum Gasteiger partial charge on any atom is 0.343 e. The summed E-state index contributed by atoms with van der Waals surface area (Å²) in [5.41, 5.74) is 1.75. The molecule has 0 atom stereocenters. The van der Waals surface area contributed by atoms with Crippen molar-refractivity contribution in [2.24, 2.45) is 0 Å². The van der Waals surface area contributed by atoms with Crippen molar-refractivity contribution >= 4 is 17.3 Å². The van der Waals surface area contributed by atoms with Crippen molar-refractivity contribution in [3.63, 3.8) is 0 Å². The van der Waals surface area contributed by atoms with Crippen molar-refractivity contribution in [1.29, 1.82) is 5.26 Å². The molecule has 0 aliphatic rings. The average Bonchev–Trinajstić information content (AvgIpc) is 3.22. The van der Waals surface area contributed by atoms with Gasteiger partial charge < -0.3 is 4.74 Å². The van der Waals surface area contributed by atoms with E-state index < -0.39 is 5.97 Å². The summed E-state index contributed by atoms with van der Waals surface area (Å²) in [6.45, 7) is -0.279. The van der Waals surface area contributed by atoms with Gasteiger partial charge in [0, 0.05) is 6.20 Å². The van der Waals surface area contributed by atoms with Crippen LogP contribution in [-0.2, 0) is 4.74 Å². The largest absolute Gasteiger partial charge is 0.447 e. The van der Waals surface area contributed by atoms with Gasteiger partial charge in [-0.3, -0.25) is 0 Å². The number of para-hydroxylation sites is 1. The van der Waals surface area contributed by atoms with Crippen molar-refractivity contribution < 1.29 is 9.53 Å². The highest BCUT2D eigenvalue weighted by Crippen LogP contribution is 2.28. The topological polar surface area (TPSA) is 67.9 Å². The van der Waals surface area contributed by atoms with Crippen LogP contribution >= 0.6 is 11.3 Å².